The van der Waals surface area contributed by atoms with Crippen molar-refractivity contribution >= 4 is 5.91 Å². The quantitative estimate of drug-likeness (QED) is 0.484. The van der Waals surface area contributed by atoms with Gasteiger partial charge in [0.2, 0.25) is 5.91 Å². The van der Waals surface area contributed by atoms with Crippen molar-refractivity contribution in [2.75, 3.05) is 26.2 Å². The van der Waals surface area contributed by atoms with Crippen LogP contribution in [0.5, 0.6) is 0 Å². The van der Waals surface area contributed by atoms with E-state index >= 15 is 0 Å². The normalized spacial score (nSPS) is 12.8. The third-order valence-corrected chi connectivity index (χ3v) is 2.10. The summed E-state index contributed by atoms with van der Waals surface area (Å²) in [6, 6.07) is 0. The summed E-state index contributed by atoms with van der Waals surface area (Å²) < 4.78 is 5.27. The molecule has 0 radical (unpaired) electrons. The predicted octanol–water partition coefficient (Wildman–Crippen LogP) is 0.278. The number of nitrogens with one attached hydrogen (secondary N) is 2. The molecule has 0 heterocycles. The highest BCUT2D eigenvalue weighted by molar-refractivity contribution is 5.75. The van der Waals surface area contributed by atoms with E-state index < -0.39 is 6.10 Å². The van der Waals surface area contributed by atoms with E-state index in [1.165, 1.54) is 0 Å². The van der Waals surface area contributed by atoms with Gasteiger partial charge in [-0.25, -0.2) is 0 Å². The Labute approximate surface area is 104 Å². The Kier molecular flexibility index (Phi) is 10.1. The van der Waals surface area contributed by atoms with Crippen LogP contribution in [0.25, 0.3) is 0 Å². The number of aliphatic hydroxyl groups excluding tert-OH is 1. The van der Waals surface area contributed by atoms with Crippen molar-refractivity contribution in [3.63, 3.8) is 0 Å². The molecule has 0 aliphatic rings. The fourth-order valence-corrected chi connectivity index (χ4v) is 1.19. The van der Waals surface area contributed by atoms with Gasteiger partial charge in [0.15, 0.2) is 0 Å². The Morgan fingerprint density at radius 1 is 1.35 bits per heavy atom. The Morgan fingerprint density at radius 3 is 2.65 bits per heavy atom. The lowest BCUT2D eigenvalue weighted by Crippen LogP contribution is -2.34. The molecule has 0 saturated heterocycles. The van der Waals surface area contributed by atoms with Gasteiger partial charge in [-0.2, -0.15) is 0 Å². The van der Waals surface area contributed by atoms with Gasteiger partial charge in [-0.15, -0.1) is 0 Å². The van der Waals surface area contributed by atoms with Crippen LogP contribution in [0.2, 0.25) is 0 Å². The second-order valence-electron chi connectivity index (χ2n) is 4.34. The first-order valence-electron chi connectivity index (χ1n) is 6.33. The molecule has 0 spiro atoms. The molecule has 3 N–H and O–H groups in total. The predicted molar refractivity (Wildman–Crippen MR) is 67.9 cm³/mol. The zero-order chi connectivity index (χ0) is 13.1. The summed E-state index contributed by atoms with van der Waals surface area (Å²) in [5, 5.41) is 15.3. The lowest BCUT2D eigenvalue weighted by atomic mass is 10.3. The highest BCUT2D eigenvalue weighted by Crippen LogP contribution is 1.90. The maximum Gasteiger partial charge on any atom is 0.221 e. The van der Waals surface area contributed by atoms with E-state index in [1.807, 2.05) is 20.8 Å². The molecular weight excluding hydrogens is 220 g/mol. The van der Waals surface area contributed by atoms with Crippen molar-refractivity contribution in [2.24, 2.45) is 0 Å². The molecule has 0 aromatic heterocycles. The highest BCUT2D eigenvalue weighted by Gasteiger charge is 2.05. The number of ether oxygens (including phenoxy) is 1. The fraction of sp³-hybridized carbons (Fsp3) is 0.917. The molecule has 0 bridgehead atoms. The minimum atomic E-state index is -0.517. The van der Waals surface area contributed by atoms with E-state index in [9.17, 15) is 9.90 Å². The Hall–Kier alpha value is -0.650. The molecule has 0 aliphatic carbocycles. The lowest BCUT2D eigenvalue weighted by Gasteiger charge is -2.14. The number of rotatable bonds is 10. The van der Waals surface area contributed by atoms with Crippen molar-refractivity contribution in [3.8, 4) is 0 Å². The standard InChI is InChI=1S/C12H26N2O3/c1-4-6-14-12(16)5-7-13-8-11(15)9-17-10(2)3/h10-11,13,15H,4-9H2,1-3H3,(H,14,16). The number of carbonyl (C=O) groups is 1. The largest absolute Gasteiger partial charge is 0.389 e. The number of hydrogen-bond acceptors (Lipinski definition) is 4. The summed E-state index contributed by atoms with van der Waals surface area (Å²) in [5.74, 6) is 0.0484. The van der Waals surface area contributed by atoms with Crippen molar-refractivity contribution in [3.05, 3.63) is 0 Å². The summed E-state index contributed by atoms with van der Waals surface area (Å²) in [6.07, 6.45) is 1.00. The van der Waals surface area contributed by atoms with E-state index in [4.69, 9.17) is 4.74 Å². The SMILES string of the molecule is CCCNC(=O)CCNCC(O)COC(C)C. The van der Waals surface area contributed by atoms with Crippen LogP contribution < -0.4 is 10.6 Å². The van der Waals surface area contributed by atoms with Crippen LogP contribution in [0, 0.1) is 0 Å². The van der Waals surface area contributed by atoms with Gasteiger partial charge in [0.25, 0.3) is 0 Å². The molecule has 0 rings (SSSR count). The van der Waals surface area contributed by atoms with Gasteiger partial charge in [0, 0.05) is 26.1 Å². The average molecular weight is 246 g/mol. The molecule has 1 amide bonds. The minimum absolute atomic E-state index is 0.0484. The van der Waals surface area contributed by atoms with E-state index in [-0.39, 0.29) is 12.0 Å². The molecule has 5 nitrogen and oxygen atoms in total. The van der Waals surface area contributed by atoms with Gasteiger partial charge >= 0.3 is 0 Å². The number of carbonyl (C=O) groups excluding carboxylic acids is 1. The number of amides is 1. The highest BCUT2D eigenvalue weighted by atomic mass is 16.5. The first kappa shape index (κ1) is 16.4. The maximum atomic E-state index is 11.2. The smallest absolute Gasteiger partial charge is 0.221 e. The second kappa shape index (κ2) is 10.5. The van der Waals surface area contributed by atoms with Gasteiger partial charge in [0.1, 0.15) is 0 Å². The summed E-state index contributed by atoms with van der Waals surface area (Å²) in [4.78, 5) is 11.2. The van der Waals surface area contributed by atoms with Gasteiger partial charge in [0.05, 0.1) is 18.8 Å². The van der Waals surface area contributed by atoms with Crippen molar-refractivity contribution in [2.45, 2.75) is 45.8 Å². The van der Waals surface area contributed by atoms with Gasteiger partial charge in [-0.05, 0) is 20.3 Å². The summed E-state index contributed by atoms with van der Waals surface area (Å²) >= 11 is 0. The molecule has 0 aromatic carbocycles. The molecule has 0 aliphatic heterocycles. The summed E-state index contributed by atoms with van der Waals surface area (Å²) in [5.41, 5.74) is 0. The maximum absolute atomic E-state index is 11.2. The molecule has 5 heteroatoms. The van der Waals surface area contributed by atoms with Crippen LogP contribution in [0.3, 0.4) is 0 Å². The first-order chi connectivity index (χ1) is 8.06. The van der Waals surface area contributed by atoms with Gasteiger partial charge in [-0.1, -0.05) is 6.92 Å². The first-order valence-corrected chi connectivity index (χ1v) is 6.33. The summed E-state index contributed by atoms with van der Waals surface area (Å²) in [6.45, 7) is 7.96. The average Bonchev–Trinajstić information content (AvgIpc) is 2.29. The van der Waals surface area contributed by atoms with E-state index in [0.717, 1.165) is 13.0 Å². The number of hydrogen-bond donors (Lipinski definition) is 3. The Bertz CT molecular complexity index is 198. The van der Waals surface area contributed by atoms with Crippen LogP contribution in [0.15, 0.2) is 0 Å². The van der Waals surface area contributed by atoms with Crippen molar-refractivity contribution < 1.29 is 14.6 Å². The number of aliphatic hydroxyl groups is 1. The fourth-order valence-electron chi connectivity index (χ4n) is 1.19. The Morgan fingerprint density at radius 2 is 2.06 bits per heavy atom. The van der Waals surface area contributed by atoms with Crippen LogP contribution in [-0.4, -0.2) is 49.5 Å². The summed E-state index contributed by atoms with van der Waals surface area (Å²) in [7, 11) is 0. The lowest BCUT2D eigenvalue weighted by molar-refractivity contribution is -0.121. The molecule has 17 heavy (non-hydrogen) atoms. The zero-order valence-electron chi connectivity index (χ0n) is 11.2. The Balaban J connectivity index is 3.35. The second-order valence-corrected chi connectivity index (χ2v) is 4.34. The molecule has 0 fully saturated rings. The minimum Gasteiger partial charge on any atom is -0.389 e. The third-order valence-electron chi connectivity index (χ3n) is 2.10. The van der Waals surface area contributed by atoms with Gasteiger partial charge < -0.3 is 20.5 Å². The third kappa shape index (κ3) is 11.6. The van der Waals surface area contributed by atoms with E-state index in [2.05, 4.69) is 10.6 Å². The van der Waals surface area contributed by atoms with Crippen molar-refractivity contribution in [1.29, 1.82) is 0 Å². The van der Waals surface area contributed by atoms with Crippen LogP contribution in [0.4, 0.5) is 0 Å². The topological polar surface area (TPSA) is 70.6 Å². The van der Waals surface area contributed by atoms with E-state index in [0.29, 0.717) is 26.1 Å². The molecule has 1 atom stereocenters. The van der Waals surface area contributed by atoms with Crippen LogP contribution in [-0.2, 0) is 9.53 Å². The molecule has 0 saturated carbocycles. The molecule has 102 valence electrons. The monoisotopic (exact) mass is 246 g/mol. The molecule has 0 aromatic rings. The van der Waals surface area contributed by atoms with Crippen molar-refractivity contribution in [1.82, 2.24) is 10.6 Å². The van der Waals surface area contributed by atoms with E-state index in [1.54, 1.807) is 0 Å². The molecular formula is C12H26N2O3. The molecule has 1 unspecified atom stereocenters. The van der Waals surface area contributed by atoms with Crippen LogP contribution >= 0.6 is 0 Å². The van der Waals surface area contributed by atoms with Crippen LogP contribution in [0.1, 0.15) is 33.6 Å². The zero-order valence-corrected chi connectivity index (χ0v) is 11.2. The van der Waals surface area contributed by atoms with Gasteiger partial charge in [-0.3, -0.25) is 4.79 Å².